The van der Waals surface area contributed by atoms with Crippen LogP contribution in [-0.4, -0.2) is 10.1 Å². The van der Waals surface area contributed by atoms with Crippen LogP contribution in [-0.2, 0) is 12.0 Å². The van der Waals surface area contributed by atoms with Crippen molar-refractivity contribution in [3.8, 4) is 0 Å². The van der Waals surface area contributed by atoms with Crippen LogP contribution in [0.5, 0.6) is 0 Å². The number of aryl methyl sites for hydroxylation is 1. The molecule has 0 radical (unpaired) electrons. The number of aromatic nitrogens is 1. The van der Waals surface area contributed by atoms with Crippen molar-refractivity contribution < 1.29 is 5.11 Å². The second kappa shape index (κ2) is 5.21. The van der Waals surface area contributed by atoms with E-state index in [0.717, 1.165) is 21.2 Å². The Morgan fingerprint density at radius 1 is 1.28 bits per heavy atom. The van der Waals surface area contributed by atoms with Crippen molar-refractivity contribution in [2.45, 2.75) is 25.9 Å². The molecule has 2 nitrogen and oxygen atoms in total. The van der Waals surface area contributed by atoms with Crippen LogP contribution >= 0.6 is 15.9 Å². The van der Waals surface area contributed by atoms with Crippen LogP contribution in [0.3, 0.4) is 0 Å². The lowest BCUT2D eigenvalue weighted by Crippen LogP contribution is -2.25. The van der Waals surface area contributed by atoms with Gasteiger partial charge >= 0.3 is 0 Å². The highest BCUT2D eigenvalue weighted by atomic mass is 79.9. The van der Waals surface area contributed by atoms with Gasteiger partial charge in [0.2, 0.25) is 0 Å². The van der Waals surface area contributed by atoms with Gasteiger partial charge in [0.05, 0.1) is 5.60 Å². The van der Waals surface area contributed by atoms with Gasteiger partial charge in [0.25, 0.3) is 0 Å². The van der Waals surface area contributed by atoms with Gasteiger partial charge in [-0.25, -0.2) is 0 Å². The van der Waals surface area contributed by atoms with Gasteiger partial charge in [-0.3, -0.25) is 4.98 Å². The summed E-state index contributed by atoms with van der Waals surface area (Å²) in [6.07, 6.45) is 4.08. The van der Waals surface area contributed by atoms with Crippen molar-refractivity contribution in [1.29, 1.82) is 0 Å². The molecule has 0 bridgehead atoms. The molecular weight excluding hydrogens is 290 g/mol. The van der Waals surface area contributed by atoms with Crippen LogP contribution in [0.15, 0.2) is 47.2 Å². The molecule has 0 spiro atoms. The number of halogens is 1. The molecule has 1 aromatic heterocycles. The molecule has 2 aromatic rings. The molecule has 1 N–H and O–H groups in total. The zero-order valence-electron chi connectivity index (χ0n) is 10.5. The molecule has 0 amide bonds. The summed E-state index contributed by atoms with van der Waals surface area (Å²) in [5, 5.41) is 10.7. The van der Waals surface area contributed by atoms with Crippen molar-refractivity contribution in [3.63, 3.8) is 0 Å². The van der Waals surface area contributed by atoms with Crippen LogP contribution in [0.25, 0.3) is 0 Å². The predicted molar refractivity (Wildman–Crippen MR) is 76.4 cm³/mol. The van der Waals surface area contributed by atoms with Gasteiger partial charge in [0, 0.05) is 23.3 Å². The Balaban J connectivity index is 2.30. The van der Waals surface area contributed by atoms with E-state index in [1.165, 1.54) is 0 Å². The molecule has 1 atom stereocenters. The maximum atomic E-state index is 10.7. The molecule has 0 aliphatic rings. The highest BCUT2D eigenvalue weighted by molar-refractivity contribution is 9.10. The lowest BCUT2D eigenvalue weighted by molar-refractivity contribution is 0.0569. The Morgan fingerprint density at radius 3 is 2.67 bits per heavy atom. The molecule has 94 valence electrons. The molecule has 0 saturated heterocycles. The standard InChI is InChI=1S/C15H16BrNO/c1-11-5-3-4-6-14(11)15(2,18)8-12-7-13(16)10-17-9-12/h3-7,9-10,18H,8H2,1-2H3. The highest BCUT2D eigenvalue weighted by Gasteiger charge is 2.25. The SMILES string of the molecule is Cc1ccccc1C(C)(O)Cc1cncc(Br)c1. The fraction of sp³-hybridized carbons (Fsp3) is 0.267. The quantitative estimate of drug-likeness (QED) is 0.940. The second-order valence-electron chi connectivity index (χ2n) is 4.78. The summed E-state index contributed by atoms with van der Waals surface area (Å²) >= 11 is 3.40. The molecule has 0 saturated carbocycles. The number of pyridine rings is 1. The fourth-order valence-electron chi connectivity index (χ4n) is 2.22. The third-order valence-electron chi connectivity index (χ3n) is 3.04. The molecule has 1 aromatic carbocycles. The first-order valence-electron chi connectivity index (χ1n) is 5.87. The van der Waals surface area contributed by atoms with Crippen LogP contribution in [0.2, 0.25) is 0 Å². The zero-order chi connectivity index (χ0) is 13.2. The normalized spacial score (nSPS) is 14.2. The van der Waals surface area contributed by atoms with Crippen LogP contribution in [0.4, 0.5) is 0 Å². The highest BCUT2D eigenvalue weighted by Crippen LogP contribution is 2.28. The zero-order valence-corrected chi connectivity index (χ0v) is 12.1. The van der Waals surface area contributed by atoms with Crippen molar-refractivity contribution in [3.05, 3.63) is 63.9 Å². The molecule has 2 rings (SSSR count). The lowest BCUT2D eigenvalue weighted by atomic mass is 9.87. The topological polar surface area (TPSA) is 33.1 Å². The average molecular weight is 306 g/mol. The number of hydrogen-bond donors (Lipinski definition) is 1. The van der Waals surface area contributed by atoms with Gasteiger partial charge in [-0.1, -0.05) is 24.3 Å². The van der Waals surface area contributed by atoms with Crippen molar-refractivity contribution >= 4 is 15.9 Å². The fourth-order valence-corrected chi connectivity index (χ4v) is 2.63. The summed E-state index contributed by atoms with van der Waals surface area (Å²) in [5.41, 5.74) is 2.20. The molecule has 0 aliphatic heterocycles. The van der Waals surface area contributed by atoms with Gasteiger partial charge in [-0.2, -0.15) is 0 Å². The summed E-state index contributed by atoms with van der Waals surface area (Å²) in [5.74, 6) is 0. The third-order valence-corrected chi connectivity index (χ3v) is 3.47. The summed E-state index contributed by atoms with van der Waals surface area (Å²) in [4.78, 5) is 4.13. The summed E-state index contributed by atoms with van der Waals surface area (Å²) in [6, 6.07) is 9.91. The van der Waals surface area contributed by atoms with E-state index in [1.807, 2.05) is 44.2 Å². The molecule has 3 heteroatoms. The molecule has 0 aliphatic carbocycles. The minimum Gasteiger partial charge on any atom is -0.385 e. The van der Waals surface area contributed by atoms with Gasteiger partial charge in [0.1, 0.15) is 0 Å². The summed E-state index contributed by atoms with van der Waals surface area (Å²) < 4.78 is 0.931. The Hall–Kier alpha value is -1.19. The van der Waals surface area contributed by atoms with Crippen molar-refractivity contribution in [1.82, 2.24) is 4.98 Å². The monoisotopic (exact) mass is 305 g/mol. The minimum absolute atomic E-state index is 0.546. The Kier molecular flexibility index (Phi) is 3.83. The molecular formula is C15H16BrNO. The Morgan fingerprint density at radius 2 is 2.00 bits per heavy atom. The maximum absolute atomic E-state index is 10.7. The van der Waals surface area contributed by atoms with E-state index in [0.29, 0.717) is 6.42 Å². The van der Waals surface area contributed by atoms with E-state index >= 15 is 0 Å². The van der Waals surface area contributed by atoms with E-state index < -0.39 is 5.60 Å². The number of hydrogen-bond acceptors (Lipinski definition) is 2. The Bertz CT molecular complexity index is 552. The first-order chi connectivity index (χ1) is 8.49. The van der Waals surface area contributed by atoms with Crippen molar-refractivity contribution in [2.24, 2.45) is 0 Å². The average Bonchev–Trinajstić information content (AvgIpc) is 2.28. The third kappa shape index (κ3) is 2.98. The molecule has 1 unspecified atom stereocenters. The number of rotatable bonds is 3. The number of benzene rings is 1. The van der Waals surface area contributed by atoms with Gasteiger partial charge < -0.3 is 5.11 Å². The Labute approximate surface area is 116 Å². The second-order valence-corrected chi connectivity index (χ2v) is 5.69. The smallest absolute Gasteiger partial charge is 0.0911 e. The first-order valence-corrected chi connectivity index (χ1v) is 6.66. The predicted octanol–water partition coefficient (Wildman–Crippen LogP) is 3.60. The summed E-state index contributed by atoms with van der Waals surface area (Å²) in [6.45, 7) is 3.86. The van der Waals surface area contributed by atoms with E-state index in [4.69, 9.17) is 0 Å². The van der Waals surface area contributed by atoms with Crippen LogP contribution in [0.1, 0.15) is 23.6 Å². The van der Waals surface area contributed by atoms with Gasteiger partial charge in [0.15, 0.2) is 0 Å². The molecule has 1 heterocycles. The summed E-state index contributed by atoms with van der Waals surface area (Å²) in [7, 11) is 0. The van der Waals surface area contributed by atoms with E-state index in [1.54, 1.807) is 12.4 Å². The van der Waals surface area contributed by atoms with E-state index in [-0.39, 0.29) is 0 Å². The lowest BCUT2D eigenvalue weighted by Gasteiger charge is -2.25. The first kappa shape index (κ1) is 13.2. The molecule has 0 fully saturated rings. The van der Waals surface area contributed by atoms with Crippen LogP contribution in [0, 0.1) is 6.92 Å². The number of aliphatic hydroxyl groups is 1. The van der Waals surface area contributed by atoms with E-state index in [2.05, 4.69) is 20.9 Å². The number of nitrogens with zero attached hydrogens (tertiary/aromatic N) is 1. The molecule has 18 heavy (non-hydrogen) atoms. The van der Waals surface area contributed by atoms with Crippen LogP contribution < -0.4 is 0 Å². The van der Waals surface area contributed by atoms with Crippen molar-refractivity contribution in [2.75, 3.05) is 0 Å². The maximum Gasteiger partial charge on any atom is 0.0911 e. The van der Waals surface area contributed by atoms with Gasteiger partial charge in [-0.15, -0.1) is 0 Å². The van der Waals surface area contributed by atoms with E-state index in [9.17, 15) is 5.11 Å². The van der Waals surface area contributed by atoms with Gasteiger partial charge in [-0.05, 0) is 52.5 Å². The largest absolute Gasteiger partial charge is 0.385 e. The minimum atomic E-state index is -0.881.